The van der Waals surface area contributed by atoms with Crippen LogP contribution in [0.2, 0.25) is 0 Å². The van der Waals surface area contributed by atoms with Crippen LogP contribution in [0.25, 0.3) is 5.76 Å². The minimum absolute atomic E-state index is 0.000437. The van der Waals surface area contributed by atoms with Crippen LogP contribution in [0, 0.1) is 0 Å². The van der Waals surface area contributed by atoms with E-state index >= 15 is 0 Å². The van der Waals surface area contributed by atoms with Crippen molar-refractivity contribution < 1.29 is 33.6 Å². The zero-order valence-electron chi connectivity index (χ0n) is 23.8. The van der Waals surface area contributed by atoms with E-state index in [1.807, 2.05) is 13.8 Å². The Hall–Kier alpha value is -3.72. The summed E-state index contributed by atoms with van der Waals surface area (Å²) in [5, 5.41) is 11.5. The van der Waals surface area contributed by atoms with Crippen LogP contribution in [0.4, 0.5) is 0 Å². The molecule has 2 aromatic rings. The first-order valence-electron chi connectivity index (χ1n) is 13.4. The number of nitrogens with zero attached hydrogens (tertiary/aromatic N) is 2. The zero-order chi connectivity index (χ0) is 28.5. The molecule has 1 aliphatic heterocycles. The number of carbonyl (C=O) groups is 2. The zero-order valence-corrected chi connectivity index (χ0v) is 23.8. The number of hydrogen-bond acceptors (Lipinski definition) is 8. The minimum atomic E-state index is -0.862. The number of rotatable bonds is 14. The number of hydrogen-bond donors (Lipinski definition) is 1. The standard InChI is InChI=1S/C30H40N2O7/c1-7-10-16-39-22-13-11-12-20(17-22)27(33)25-26(21-18-23(36-4)29(38-6)24(19-21)37-5)32(30(35)28(25)34)15-14-31(8-2)9-3/h11-13,17-19,26,33H,7-10,14-16H2,1-6H3/b27-25+. The molecule has 1 fully saturated rings. The van der Waals surface area contributed by atoms with E-state index < -0.39 is 17.7 Å². The van der Waals surface area contributed by atoms with Crippen molar-refractivity contribution >= 4 is 17.4 Å². The molecule has 1 atom stereocenters. The molecule has 9 nitrogen and oxygen atoms in total. The average Bonchev–Trinajstić information content (AvgIpc) is 3.21. The lowest BCUT2D eigenvalue weighted by molar-refractivity contribution is -0.140. The highest BCUT2D eigenvalue weighted by molar-refractivity contribution is 6.46. The molecule has 1 saturated heterocycles. The number of Topliss-reactive ketones (excluding diaryl/α,β-unsaturated/α-hetero) is 1. The van der Waals surface area contributed by atoms with Crippen molar-refractivity contribution in [3.63, 3.8) is 0 Å². The Bertz CT molecular complexity index is 1160. The van der Waals surface area contributed by atoms with E-state index in [2.05, 4.69) is 11.8 Å². The summed E-state index contributed by atoms with van der Waals surface area (Å²) in [4.78, 5) is 30.6. The first-order valence-corrected chi connectivity index (χ1v) is 13.4. The van der Waals surface area contributed by atoms with Crippen molar-refractivity contribution in [3.05, 3.63) is 53.1 Å². The van der Waals surface area contributed by atoms with Gasteiger partial charge in [-0.1, -0.05) is 39.3 Å². The number of benzene rings is 2. The maximum atomic E-state index is 13.5. The highest BCUT2D eigenvalue weighted by Gasteiger charge is 2.46. The Morgan fingerprint density at radius 3 is 2.21 bits per heavy atom. The molecule has 0 aromatic heterocycles. The third-order valence-electron chi connectivity index (χ3n) is 6.97. The summed E-state index contributed by atoms with van der Waals surface area (Å²) in [6, 6.07) is 9.48. The quantitative estimate of drug-likeness (QED) is 0.160. The maximum Gasteiger partial charge on any atom is 0.295 e. The first kappa shape index (κ1) is 29.8. The largest absolute Gasteiger partial charge is 0.507 e. The van der Waals surface area contributed by atoms with Crippen LogP contribution in [0.5, 0.6) is 23.0 Å². The molecule has 1 N–H and O–H groups in total. The van der Waals surface area contributed by atoms with Gasteiger partial charge in [-0.25, -0.2) is 0 Å². The Labute approximate surface area is 230 Å². The Morgan fingerprint density at radius 2 is 1.64 bits per heavy atom. The lowest BCUT2D eigenvalue weighted by Gasteiger charge is -2.29. The van der Waals surface area contributed by atoms with Crippen molar-refractivity contribution in [2.24, 2.45) is 0 Å². The number of aliphatic hydroxyl groups is 1. The van der Waals surface area contributed by atoms with Gasteiger partial charge in [-0.15, -0.1) is 0 Å². The third-order valence-corrected chi connectivity index (χ3v) is 6.97. The van der Waals surface area contributed by atoms with Crippen LogP contribution in [0.3, 0.4) is 0 Å². The molecule has 0 saturated carbocycles. The van der Waals surface area contributed by atoms with E-state index in [0.717, 1.165) is 25.9 Å². The summed E-state index contributed by atoms with van der Waals surface area (Å²) in [5.74, 6) is 0.0488. The van der Waals surface area contributed by atoms with Crippen LogP contribution in [-0.2, 0) is 9.59 Å². The Morgan fingerprint density at radius 1 is 0.974 bits per heavy atom. The van der Waals surface area contributed by atoms with E-state index in [4.69, 9.17) is 18.9 Å². The van der Waals surface area contributed by atoms with Crippen LogP contribution >= 0.6 is 0 Å². The molecule has 0 spiro atoms. The molecule has 9 heteroatoms. The number of amides is 1. The van der Waals surface area contributed by atoms with Gasteiger partial charge < -0.3 is 33.9 Å². The Kier molecular flexibility index (Phi) is 10.6. The molecule has 0 bridgehead atoms. The number of ether oxygens (including phenoxy) is 4. The SMILES string of the molecule is CCCCOc1cccc(/C(O)=C2\C(=O)C(=O)N(CCN(CC)CC)C2c2cc(OC)c(OC)c(OC)c2)c1. The number of carbonyl (C=O) groups excluding carboxylic acids is 2. The molecule has 1 amide bonds. The molecule has 3 rings (SSSR count). The van der Waals surface area contributed by atoms with Gasteiger partial charge in [0.15, 0.2) is 11.5 Å². The fourth-order valence-electron chi connectivity index (χ4n) is 4.73. The van der Waals surface area contributed by atoms with Gasteiger partial charge in [0.05, 0.1) is 39.6 Å². The fraction of sp³-hybridized carbons (Fsp3) is 0.467. The summed E-state index contributed by atoms with van der Waals surface area (Å²) in [6.07, 6.45) is 1.89. The minimum Gasteiger partial charge on any atom is -0.507 e. The molecule has 0 radical (unpaired) electrons. The first-order chi connectivity index (χ1) is 18.8. The summed E-state index contributed by atoms with van der Waals surface area (Å²) >= 11 is 0. The fourth-order valence-corrected chi connectivity index (χ4v) is 4.73. The lowest BCUT2D eigenvalue weighted by Crippen LogP contribution is -2.38. The van der Waals surface area contributed by atoms with Crippen molar-refractivity contribution in [3.8, 4) is 23.0 Å². The molecule has 0 aliphatic carbocycles. The van der Waals surface area contributed by atoms with Gasteiger partial charge in [0.1, 0.15) is 11.5 Å². The highest BCUT2D eigenvalue weighted by Crippen LogP contribution is 2.45. The second-order valence-corrected chi connectivity index (χ2v) is 9.21. The van der Waals surface area contributed by atoms with Crippen LogP contribution < -0.4 is 18.9 Å². The van der Waals surface area contributed by atoms with E-state index in [1.165, 1.54) is 26.2 Å². The van der Waals surface area contributed by atoms with Gasteiger partial charge in [-0.2, -0.15) is 0 Å². The molecule has 2 aromatic carbocycles. The topological polar surface area (TPSA) is 97.8 Å². The number of ketones is 1. The second-order valence-electron chi connectivity index (χ2n) is 9.21. The van der Waals surface area contributed by atoms with Gasteiger partial charge in [-0.05, 0) is 49.3 Å². The maximum absolute atomic E-state index is 13.5. The second kappa shape index (κ2) is 13.9. The molecule has 212 valence electrons. The number of likely N-dealkylation sites (tertiary alicyclic amines) is 1. The number of unbranched alkanes of at least 4 members (excludes halogenated alkanes) is 1. The molecule has 1 heterocycles. The van der Waals surface area contributed by atoms with Crippen molar-refractivity contribution in [1.82, 2.24) is 9.80 Å². The van der Waals surface area contributed by atoms with Crippen LogP contribution in [-0.4, -0.2) is 80.7 Å². The summed E-state index contributed by atoms with van der Waals surface area (Å²) in [6.45, 7) is 9.19. The van der Waals surface area contributed by atoms with E-state index in [9.17, 15) is 14.7 Å². The number of aliphatic hydroxyl groups excluding tert-OH is 1. The van der Waals surface area contributed by atoms with Gasteiger partial charge in [0, 0.05) is 18.7 Å². The van der Waals surface area contributed by atoms with Gasteiger partial charge >= 0.3 is 0 Å². The van der Waals surface area contributed by atoms with Gasteiger partial charge in [-0.3, -0.25) is 9.59 Å². The summed E-state index contributed by atoms with van der Waals surface area (Å²) in [5.41, 5.74) is 0.947. The van der Waals surface area contributed by atoms with E-state index in [0.29, 0.717) is 53.8 Å². The van der Waals surface area contributed by atoms with Crippen molar-refractivity contribution in [1.29, 1.82) is 0 Å². The number of methoxy groups -OCH3 is 3. The Balaban J connectivity index is 2.17. The average molecular weight is 541 g/mol. The van der Waals surface area contributed by atoms with Gasteiger partial charge in [0.25, 0.3) is 11.7 Å². The number of likely N-dealkylation sites (N-methyl/N-ethyl adjacent to an activating group) is 1. The lowest BCUT2D eigenvalue weighted by atomic mass is 9.94. The molecule has 39 heavy (non-hydrogen) atoms. The predicted octanol–water partition coefficient (Wildman–Crippen LogP) is 4.65. The van der Waals surface area contributed by atoms with E-state index in [-0.39, 0.29) is 11.3 Å². The predicted molar refractivity (Wildman–Crippen MR) is 150 cm³/mol. The summed E-state index contributed by atoms with van der Waals surface area (Å²) < 4.78 is 22.4. The highest BCUT2D eigenvalue weighted by atomic mass is 16.5. The monoisotopic (exact) mass is 540 g/mol. The summed E-state index contributed by atoms with van der Waals surface area (Å²) in [7, 11) is 4.51. The normalized spacial score (nSPS) is 16.6. The third kappa shape index (κ3) is 6.47. The smallest absolute Gasteiger partial charge is 0.295 e. The molecular weight excluding hydrogens is 500 g/mol. The van der Waals surface area contributed by atoms with Crippen LogP contribution in [0.15, 0.2) is 42.0 Å². The van der Waals surface area contributed by atoms with Crippen molar-refractivity contribution in [2.45, 2.75) is 39.7 Å². The molecule has 1 aliphatic rings. The van der Waals surface area contributed by atoms with Gasteiger partial charge in [0.2, 0.25) is 5.75 Å². The van der Waals surface area contributed by atoms with Crippen LogP contribution in [0.1, 0.15) is 50.8 Å². The van der Waals surface area contributed by atoms with E-state index in [1.54, 1.807) is 36.4 Å². The molecule has 1 unspecified atom stereocenters. The van der Waals surface area contributed by atoms with Crippen molar-refractivity contribution in [2.75, 3.05) is 54.1 Å². The molecular formula is C30H40N2O7.